The number of nitrogens with zero attached hydrogens (tertiary/aromatic N) is 6. The van der Waals surface area contributed by atoms with Crippen molar-refractivity contribution in [2.75, 3.05) is 11.2 Å². The number of anilines is 1. The minimum atomic E-state index is -0.921. The summed E-state index contributed by atoms with van der Waals surface area (Å²) in [6, 6.07) is 15.1. The summed E-state index contributed by atoms with van der Waals surface area (Å²) in [4.78, 5) is 19.2. The van der Waals surface area contributed by atoms with E-state index in [2.05, 4.69) is 36.2 Å². The number of thioether (sulfide) groups is 1. The molecule has 5 rings (SSSR count). The number of hydrogen-bond acceptors (Lipinski definition) is 7. The van der Waals surface area contributed by atoms with Crippen molar-refractivity contribution < 1.29 is 9.53 Å². The van der Waals surface area contributed by atoms with Crippen molar-refractivity contribution in [3.05, 3.63) is 69.4 Å². The first-order chi connectivity index (χ1) is 16.4. The van der Waals surface area contributed by atoms with Gasteiger partial charge in [-0.2, -0.15) is 10.1 Å². The molecule has 0 saturated heterocycles. The van der Waals surface area contributed by atoms with Crippen LogP contribution in [0.25, 0.3) is 16.9 Å². The van der Waals surface area contributed by atoms with Gasteiger partial charge in [-0.1, -0.05) is 57.5 Å². The third-order valence-corrected chi connectivity index (χ3v) is 6.78. The zero-order chi connectivity index (χ0) is 24.0. The molecule has 0 saturated carbocycles. The quantitative estimate of drug-likeness (QED) is 0.302. The van der Waals surface area contributed by atoms with Crippen LogP contribution in [-0.2, 0) is 4.79 Å². The van der Waals surface area contributed by atoms with Gasteiger partial charge in [-0.15, -0.1) is 10.2 Å². The van der Waals surface area contributed by atoms with E-state index in [-0.39, 0.29) is 11.8 Å². The van der Waals surface area contributed by atoms with Crippen molar-refractivity contribution in [2.24, 2.45) is 0 Å². The van der Waals surface area contributed by atoms with Gasteiger partial charge < -0.3 is 4.74 Å². The van der Waals surface area contributed by atoms with Crippen molar-refractivity contribution in [1.29, 1.82) is 0 Å². The molecule has 1 amide bonds. The molecule has 8 nitrogen and oxygen atoms in total. The van der Waals surface area contributed by atoms with E-state index in [1.165, 1.54) is 18.7 Å². The highest BCUT2D eigenvalue weighted by atomic mass is 79.9. The fraction of sp³-hybridized carbons (Fsp3) is 0.174. The largest absolute Gasteiger partial charge is 0.447 e. The van der Waals surface area contributed by atoms with Gasteiger partial charge in [-0.3, -0.25) is 9.69 Å². The molecular weight excluding hydrogens is 540 g/mol. The molecule has 0 bridgehead atoms. The average Bonchev–Trinajstić information content (AvgIpc) is 3.05. The van der Waals surface area contributed by atoms with Gasteiger partial charge in [0.1, 0.15) is 5.15 Å². The van der Waals surface area contributed by atoms with Crippen LogP contribution in [0.2, 0.25) is 5.15 Å². The number of hydrogen-bond donors (Lipinski definition) is 0. The Labute approximate surface area is 213 Å². The monoisotopic (exact) mass is 556 g/mol. The van der Waals surface area contributed by atoms with Gasteiger partial charge in [0.25, 0.3) is 0 Å². The topological polar surface area (TPSA) is 86.0 Å². The fourth-order valence-corrected chi connectivity index (χ4v) is 4.91. The molecule has 34 heavy (non-hydrogen) atoms. The molecule has 2 aromatic carbocycles. The Bertz CT molecular complexity index is 1410. The molecule has 3 heterocycles. The van der Waals surface area contributed by atoms with E-state index in [0.717, 1.165) is 10.2 Å². The number of carbonyl (C=O) groups excluding carboxylic acids is 1. The number of aromatic nitrogens is 5. The second-order valence-electron chi connectivity index (χ2n) is 7.51. The third-order valence-electron chi connectivity index (χ3n) is 5.38. The lowest BCUT2D eigenvalue weighted by Gasteiger charge is -2.29. The van der Waals surface area contributed by atoms with Crippen LogP contribution in [0.15, 0.2) is 58.2 Å². The molecule has 1 aliphatic heterocycles. The Morgan fingerprint density at radius 3 is 2.65 bits per heavy atom. The first-order valence-corrected chi connectivity index (χ1v) is 12.6. The highest BCUT2D eigenvalue weighted by molar-refractivity contribution is 9.10. The van der Waals surface area contributed by atoms with Gasteiger partial charge in [0, 0.05) is 17.0 Å². The van der Waals surface area contributed by atoms with Crippen LogP contribution in [0, 0.1) is 6.92 Å². The van der Waals surface area contributed by atoms with Crippen LogP contribution < -0.4 is 9.64 Å². The van der Waals surface area contributed by atoms with E-state index in [0.29, 0.717) is 38.5 Å². The van der Waals surface area contributed by atoms with Crippen molar-refractivity contribution in [3.8, 4) is 22.8 Å². The molecule has 4 aromatic rings. The summed E-state index contributed by atoms with van der Waals surface area (Å²) in [7, 11) is 0. The molecule has 0 aliphatic carbocycles. The Hall–Kier alpha value is -2.95. The number of aryl methyl sites for hydroxylation is 1. The van der Waals surface area contributed by atoms with Crippen LogP contribution in [-0.4, -0.2) is 37.1 Å². The first-order valence-electron chi connectivity index (χ1n) is 10.2. The van der Waals surface area contributed by atoms with Crippen LogP contribution in [0.3, 0.4) is 0 Å². The van der Waals surface area contributed by atoms with E-state index in [4.69, 9.17) is 16.3 Å². The van der Waals surface area contributed by atoms with Gasteiger partial charge in [-0.05, 0) is 43.5 Å². The molecule has 0 radical (unpaired) electrons. The molecule has 0 spiro atoms. The molecule has 172 valence electrons. The second-order valence-corrected chi connectivity index (χ2v) is 9.56. The van der Waals surface area contributed by atoms with Crippen molar-refractivity contribution in [3.63, 3.8) is 0 Å². The van der Waals surface area contributed by atoms with Crippen LogP contribution in [0.1, 0.15) is 24.4 Å². The van der Waals surface area contributed by atoms with Gasteiger partial charge in [0.05, 0.1) is 22.6 Å². The van der Waals surface area contributed by atoms with E-state index in [9.17, 15) is 4.79 Å². The van der Waals surface area contributed by atoms with Gasteiger partial charge >= 0.3 is 0 Å². The van der Waals surface area contributed by atoms with Crippen molar-refractivity contribution in [1.82, 2.24) is 25.0 Å². The number of amides is 1. The van der Waals surface area contributed by atoms with Crippen molar-refractivity contribution >= 4 is 50.9 Å². The molecule has 0 N–H and O–H groups in total. The highest BCUT2D eigenvalue weighted by Crippen LogP contribution is 2.46. The minimum Gasteiger partial charge on any atom is -0.447 e. The van der Waals surface area contributed by atoms with E-state index >= 15 is 0 Å². The Balaban J connectivity index is 1.77. The minimum absolute atomic E-state index is 0.234. The number of benzene rings is 2. The smallest absolute Gasteiger partial charge is 0.247 e. The maximum absolute atomic E-state index is 13.1. The Morgan fingerprint density at radius 1 is 1.18 bits per heavy atom. The number of rotatable bonds is 3. The highest BCUT2D eigenvalue weighted by Gasteiger charge is 2.38. The molecule has 11 heteroatoms. The molecule has 0 fully saturated rings. The lowest BCUT2D eigenvalue weighted by Crippen LogP contribution is -2.36. The standard InChI is InChI=1S/C23H18BrClN6O2S/c1-12-18(20(25)31(29-12)15-7-5-4-6-8-15)22-30(13(2)32)17-10-9-14(24)11-16(17)19-21(33-22)26-23(34-3)28-27-19/h4-11,22H,1-3H3/t22-/m1/s1. The molecule has 1 aliphatic rings. The van der Waals surface area contributed by atoms with Crippen LogP contribution in [0.5, 0.6) is 5.88 Å². The summed E-state index contributed by atoms with van der Waals surface area (Å²) in [6.07, 6.45) is 0.935. The summed E-state index contributed by atoms with van der Waals surface area (Å²) in [6.45, 7) is 3.32. The number of carbonyl (C=O) groups is 1. The number of halogens is 2. The second kappa shape index (κ2) is 9.01. The Kier molecular flexibility index (Phi) is 6.05. The van der Waals surface area contributed by atoms with Crippen LogP contribution >= 0.6 is 39.3 Å². The molecular formula is C23H18BrClN6O2S. The normalized spacial score (nSPS) is 14.7. The average molecular weight is 558 g/mol. The summed E-state index contributed by atoms with van der Waals surface area (Å²) in [5, 5.41) is 14.0. The fourth-order valence-electron chi connectivity index (χ4n) is 3.88. The summed E-state index contributed by atoms with van der Waals surface area (Å²) in [5.41, 5.74) is 3.69. The lowest BCUT2D eigenvalue weighted by molar-refractivity contribution is -0.118. The SMILES string of the molecule is CSc1nnc2c(n1)O[C@H](c1c(C)nn(-c3ccccc3)c1Cl)N(C(C)=O)c1ccc(Br)cc1-2. The van der Waals surface area contributed by atoms with E-state index < -0.39 is 6.23 Å². The van der Waals surface area contributed by atoms with Crippen molar-refractivity contribution in [2.45, 2.75) is 25.2 Å². The third kappa shape index (κ3) is 3.85. The number of ether oxygens (including phenoxy) is 1. The predicted molar refractivity (Wildman–Crippen MR) is 135 cm³/mol. The number of para-hydroxylation sites is 1. The van der Waals surface area contributed by atoms with Crippen LogP contribution in [0.4, 0.5) is 5.69 Å². The predicted octanol–water partition coefficient (Wildman–Crippen LogP) is 5.61. The first kappa shape index (κ1) is 22.8. The zero-order valence-electron chi connectivity index (χ0n) is 18.4. The summed E-state index contributed by atoms with van der Waals surface area (Å²) < 4.78 is 8.87. The van der Waals surface area contributed by atoms with E-state index in [1.54, 1.807) is 9.58 Å². The lowest BCUT2D eigenvalue weighted by atomic mass is 10.1. The molecule has 2 aromatic heterocycles. The number of fused-ring (bicyclic) bond motifs is 3. The maximum Gasteiger partial charge on any atom is 0.247 e. The Morgan fingerprint density at radius 2 is 1.94 bits per heavy atom. The van der Waals surface area contributed by atoms with E-state index in [1.807, 2.05) is 61.7 Å². The zero-order valence-corrected chi connectivity index (χ0v) is 21.5. The van der Waals surface area contributed by atoms with Gasteiger partial charge in [0.15, 0.2) is 5.69 Å². The summed E-state index contributed by atoms with van der Waals surface area (Å²) in [5.74, 6) is 0.0257. The molecule has 0 unspecified atom stereocenters. The van der Waals surface area contributed by atoms with Gasteiger partial charge in [-0.25, -0.2) is 4.68 Å². The van der Waals surface area contributed by atoms with Gasteiger partial charge in [0.2, 0.25) is 23.2 Å². The maximum atomic E-state index is 13.1. The summed E-state index contributed by atoms with van der Waals surface area (Å²) >= 11 is 11.7. The molecule has 1 atom stereocenters.